The molecule has 1 aromatic carbocycles. The maximum absolute atomic E-state index is 11.9. The van der Waals surface area contributed by atoms with E-state index in [0.29, 0.717) is 5.02 Å². The molecule has 0 saturated carbocycles. The highest BCUT2D eigenvalue weighted by Gasteiger charge is 2.11. The van der Waals surface area contributed by atoms with E-state index in [1.807, 2.05) is 18.4 Å². The van der Waals surface area contributed by atoms with Crippen LogP contribution in [0.25, 0.3) is 0 Å². The lowest BCUT2D eigenvalue weighted by Crippen LogP contribution is -2.18. The van der Waals surface area contributed by atoms with Gasteiger partial charge in [-0.05, 0) is 48.2 Å². The molecule has 0 atom stereocenters. The first-order valence-corrected chi connectivity index (χ1v) is 8.08. The summed E-state index contributed by atoms with van der Waals surface area (Å²) in [5, 5.41) is 6.16. The van der Waals surface area contributed by atoms with Crippen LogP contribution in [0.3, 0.4) is 0 Å². The second-order valence-electron chi connectivity index (χ2n) is 3.77. The van der Waals surface area contributed by atoms with Crippen LogP contribution in [0, 0.1) is 6.92 Å². The van der Waals surface area contributed by atoms with E-state index in [9.17, 15) is 8.42 Å². The molecule has 0 aliphatic heterocycles. The molecular weight excluding hydrogens is 304 g/mol. The molecule has 0 unspecified atom stereocenters. The van der Waals surface area contributed by atoms with Gasteiger partial charge in [0.2, 0.25) is 0 Å². The van der Waals surface area contributed by atoms with Crippen molar-refractivity contribution < 1.29 is 8.42 Å². The van der Waals surface area contributed by atoms with E-state index >= 15 is 0 Å². The molecular formula is C12H11ClN2O2S2. The van der Waals surface area contributed by atoms with Crippen molar-refractivity contribution in [2.75, 3.05) is 0 Å². The Morgan fingerprint density at radius 2 is 1.95 bits per heavy atom. The van der Waals surface area contributed by atoms with Crippen LogP contribution in [0.5, 0.6) is 0 Å². The van der Waals surface area contributed by atoms with Crippen molar-refractivity contribution in [2.45, 2.75) is 11.8 Å². The van der Waals surface area contributed by atoms with Gasteiger partial charge in [-0.25, -0.2) is 4.83 Å². The minimum absolute atomic E-state index is 0.122. The first-order chi connectivity index (χ1) is 8.99. The number of benzene rings is 1. The zero-order chi connectivity index (χ0) is 13.9. The van der Waals surface area contributed by atoms with Crippen molar-refractivity contribution in [3.05, 3.63) is 51.2 Å². The monoisotopic (exact) mass is 314 g/mol. The normalized spacial score (nSPS) is 11.9. The van der Waals surface area contributed by atoms with Crippen LogP contribution in [0.2, 0.25) is 5.02 Å². The zero-order valence-electron chi connectivity index (χ0n) is 10.00. The fourth-order valence-electron chi connectivity index (χ4n) is 1.34. The molecule has 4 nitrogen and oxygen atoms in total. The maximum Gasteiger partial charge on any atom is 0.276 e. The summed E-state index contributed by atoms with van der Waals surface area (Å²) >= 11 is 7.20. The number of nitrogens with one attached hydrogen (secondary N) is 1. The van der Waals surface area contributed by atoms with Crippen LogP contribution in [-0.4, -0.2) is 14.6 Å². The molecule has 1 aromatic heterocycles. The smallest absolute Gasteiger partial charge is 0.200 e. The van der Waals surface area contributed by atoms with E-state index < -0.39 is 10.0 Å². The fourth-order valence-corrected chi connectivity index (χ4v) is 3.04. The summed E-state index contributed by atoms with van der Waals surface area (Å²) in [5.41, 5.74) is 1.06. The third-order valence-electron chi connectivity index (χ3n) is 2.38. The lowest BCUT2D eigenvalue weighted by Gasteiger charge is -2.02. The molecule has 0 amide bonds. The van der Waals surface area contributed by atoms with Crippen molar-refractivity contribution in [3.63, 3.8) is 0 Å². The Hall–Kier alpha value is -1.37. The number of sulfonamides is 1. The predicted molar refractivity (Wildman–Crippen MR) is 78.4 cm³/mol. The second-order valence-corrected chi connectivity index (χ2v) is 6.82. The highest BCUT2D eigenvalue weighted by Crippen LogP contribution is 2.14. The summed E-state index contributed by atoms with van der Waals surface area (Å²) in [6, 6.07) is 7.83. The SMILES string of the molecule is Cc1ccsc1C=NNS(=O)(=O)c1ccc(Cl)cc1. The van der Waals surface area contributed by atoms with Gasteiger partial charge in [0.1, 0.15) is 0 Å². The topological polar surface area (TPSA) is 58.5 Å². The summed E-state index contributed by atoms with van der Waals surface area (Å²) in [6.45, 7) is 1.94. The van der Waals surface area contributed by atoms with Gasteiger partial charge >= 0.3 is 0 Å². The van der Waals surface area contributed by atoms with Crippen LogP contribution in [0.1, 0.15) is 10.4 Å². The molecule has 2 rings (SSSR count). The molecule has 0 bridgehead atoms. The lowest BCUT2D eigenvalue weighted by molar-refractivity contribution is 0.584. The Morgan fingerprint density at radius 1 is 1.26 bits per heavy atom. The lowest BCUT2D eigenvalue weighted by atomic mass is 10.3. The van der Waals surface area contributed by atoms with Crippen LogP contribution in [-0.2, 0) is 10.0 Å². The molecule has 0 fully saturated rings. The molecule has 7 heteroatoms. The average molecular weight is 315 g/mol. The van der Waals surface area contributed by atoms with Gasteiger partial charge in [-0.3, -0.25) is 0 Å². The van der Waals surface area contributed by atoms with Gasteiger partial charge in [-0.2, -0.15) is 13.5 Å². The Labute approximate surface area is 120 Å². The molecule has 1 N–H and O–H groups in total. The van der Waals surface area contributed by atoms with Crippen LogP contribution < -0.4 is 4.83 Å². The first-order valence-electron chi connectivity index (χ1n) is 5.33. The van der Waals surface area contributed by atoms with Crippen molar-refractivity contribution in [1.29, 1.82) is 0 Å². The number of thiophene rings is 1. The van der Waals surface area contributed by atoms with E-state index in [4.69, 9.17) is 11.6 Å². The molecule has 19 heavy (non-hydrogen) atoms. The average Bonchev–Trinajstić information content (AvgIpc) is 2.75. The second kappa shape index (κ2) is 5.73. The standard InChI is InChI=1S/C12H11ClN2O2S2/c1-9-6-7-18-12(9)8-14-15-19(16,17)11-4-2-10(13)3-5-11/h2-8,15H,1H3. The summed E-state index contributed by atoms with van der Waals surface area (Å²) in [7, 11) is -3.65. The third-order valence-corrected chi connectivity index (χ3v) is 4.82. The zero-order valence-corrected chi connectivity index (χ0v) is 12.4. The predicted octanol–water partition coefficient (Wildman–Crippen LogP) is 3.02. The Balaban J connectivity index is 2.12. The summed E-state index contributed by atoms with van der Waals surface area (Å²) in [4.78, 5) is 3.20. The number of aryl methyl sites for hydroxylation is 1. The molecule has 0 aliphatic carbocycles. The number of hydrazone groups is 1. The van der Waals surface area contributed by atoms with Gasteiger partial charge in [0.15, 0.2) is 0 Å². The molecule has 2 aromatic rings. The van der Waals surface area contributed by atoms with E-state index in [1.54, 1.807) is 0 Å². The Kier molecular flexibility index (Phi) is 4.24. The van der Waals surface area contributed by atoms with Gasteiger partial charge in [-0.15, -0.1) is 11.3 Å². The van der Waals surface area contributed by atoms with Crippen molar-refractivity contribution in [2.24, 2.45) is 5.10 Å². The number of rotatable bonds is 4. The molecule has 1 heterocycles. The Morgan fingerprint density at radius 3 is 2.53 bits per heavy atom. The fraction of sp³-hybridized carbons (Fsp3) is 0.0833. The highest BCUT2D eigenvalue weighted by molar-refractivity contribution is 7.89. The minimum atomic E-state index is -3.65. The van der Waals surface area contributed by atoms with Crippen LogP contribution in [0.15, 0.2) is 45.7 Å². The number of hydrogen-bond acceptors (Lipinski definition) is 4. The largest absolute Gasteiger partial charge is 0.276 e. The van der Waals surface area contributed by atoms with Crippen molar-refractivity contribution in [3.8, 4) is 0 Å². The van der Waals surface area contributed by atoms with E-state index in [2.05, 4.69) is 9.93 Å². The molecule has 0 saturated heterocycles. The van der Waals surface area contributed by atoms with Crippen molar-refractivity contribution in [1.82, 2.24) is 4.83 Å². The minimum Gasteiger partial charge on any atom is -0.200 e. The van der Waals surface area contributed by atoms with E-state index in [-0.39, 0.29) is 4.90 Å². The van der Waals surface area contributed by atoms with E-state index in [0.717, 1.165) is 10.4 Å². The molecule has 0 radical (unpaired) electrons. The highest BCUT2D eigenvalue weighted by atomic mass is 35.5. The van der Waals surface area contributed by atoms with Gasteiger partial charge < -0.3 is 0 Å². The number of nitrogens with zero attached hydrogens (tertiary/aromatic N) is 1. The van der Waals surface area contributed by atoms with Gasteiger partial charge in [-0.1, -0.05) is 11.6 Å². The first kappa shape index (κ1) is 14.0. The number of hydrogen-bond donors (Lipinski definition) is 1. The molecule has 0 aliphatic rings. The quantitative estimate of drug-likeness (QED) is 0.696. The molecule has 100 valence electrons. The van der Waals surface area contributed by atoms with Crippen LogP contribution >= 0.6 is 22.9 Å². The summed E-state index contributed by atoms with van der Waals surface area (Å²) in [6.07, 6.45) is 1.49. The van der Waals surface area contributed by atoms with E-state index in [1.165, 1.54) is 41.8 Å². The number of halogens is 1. The van der Waals surface area contributed by atoms with Gasteiger partial charge in [0.05, 0.1) is 16.0 Å². The Bertz CT molecular complexity index is 691. The third kappa shape index (κ3) is 3.56. The van der Waals surface area contributed by atoms with Gasteiger partial charge in [0.25, 0.3) is 10.0 Å². The van der Waals surface area contributed by atoms with Crippen LogP contribution in [0.4, 0.5) is 0 Å². The van der Waals surface area contributed by atoms with Gasteiger partial charge in [0, 0.05) is 5.02 Å². The van der Waals surface area contributed by atoms with Crippen molar-refractivity contribution >= 4 is 39.2 Å². The molecule has 0 spiro atoms. The maximum atomic E-state index is 11.9. The summed E-state index contributed by atoms with van der Waals surface area (Å²) < 4.78 is 23.8. The summed E-state index contributed by atoms with van der Waals surface area (Å²) in [5.74, 6) is 0.